The third-order valence-corrected chi connectivity index (χ3v) is 5.47. The Morgan fingerprint density at radius 3 is 2.50 bits per heavy atom. The number of halogens is 2. The third kappa shape index (κ3) is 2.99. The van der Waals surface area contributed by atoms with Gasteiger partial charge in [0.1, 0.15) is 0 Å². The van der Waals surface area contributed by atoms with E-state index in [1.165, 1.54) is 12.8 Å². The lowest BCUT2D eigenvalue weighted by atomic mass is 9.73. The van der Waals surface area contributed by atoms with Crippen molar-refractivity contribution in [2.45, 2.75) is 44.2 Å². The summed E-state index contributed by atoms with van der Waals surface area (Å²) in [7, 11) is 3.76. The van der Waals surface area contributed by atoms with Gasteiger partial charge in [-0.25, -0.2) is 0 Å². The van der Waals surface area contributed by atoms with Gasteiger partial charge in [0.2, 0.25) is 0 Å². The van der Waals surface area contributed by atoms with E-state index >= 15 is 0 Å². The molecule has 1 aromatic carbocycles. The van der Waals surface area contributed by atoms with Gasteiger partial charge in [0.15, 0.2) is 0 Å². The minimum Gasteiger partial charge on any atom is -0.376 e. The molecule has 0 heterocycles. The van der Waals surface area contributed by atoms with Gasteiger partial charge in [-0.05, 0) is 50.3 Å². The topological polar surface area (TPSA) is 21.3 Å². The lowest BCUT2D eigenvalue weighted by Crippen LogP contribution is -2.47. The molecule has 0 aliphatic heterocycles. The van der Waals surface area contributed by atoms with E-state index in [1.807, 2.05) is 25.2 Å². The first-order valence-electron chi connectivity index (χ1n) is 7.20. The molecule has 1 aliphatic carbocycles. The van der Waals surface area contributed by atoms with Crippen molar-refractivity contribution >= 4 is 23.2 Å². The van der Waals surface area contributed by atoms with Crippen molar-refractivity contribution in [3.63, 3.8) is 0 Å². The summed E-state index contributed by atoms with van der Waals surface area (Å²) in [4.78, 5) is 0. The van der Waals surface area contributed by atoms with E-state index in [9.17, 15) is 0 Å². The Kier molecular flexibility index (Phi) is 5.36. The summed E-state index contributed by atoms with van der Waals surface area (Å²) in [5.74, 6) is 0.769. The molecule has 2 nitrogen and oxygen atoms in total. The molecular formula is C16H23Cl2NO. The zero-order valence-electron chi connectivity index (χ0n) is 12.4. The summed E-state index contributed by atoms with van der Waals surface area (Å²) in [5, 5.41) is 4.62. The van der Waals surface area contributed by atoms with Crippen molar-refractivity contribution < 1.29 is 4.74 Å². The van der Waals surface area contributed by atoms with Crippen molar-refractivity contribution in [1.29, 1.82) is 0 Å². The van der Waals surface area contributed by atoms with Crippen LogP contribution < -0.4 is 5.32 Å². The van der Waals surface area contributed by atoms with Crippen LogP contribution in [0, 0.1) is 5.92 Å². The zero-order chi connectivity index (χ0) is 14.8. The van der Waals surface area contributed by atoms with Gasteiger partial charge < -0.3 is 10.1 Å². The minimum atomic E-state index is -0.199. The fourth-order valence-electron chi connectivity index (χ4n) is 3.31. The molecule has 0 aromatic heterocycles. The minimum absolute atomic E-state index is 0.0613. The van der Waals surface area contributed by atoms with Crippen molar-refractivity contribution in [2.75, 3.05) is 14.2 Å². The molecule has 1 aromatic rings. The number of nitrogens with one attached hydrogen (secondary N) is 1. The van der Waals surface area contributed by atoms with E-state index in [0.29, 0.717) is 10.0 Å². The van der Waals surface area contributed by atoms with Crippen LogP contribution in [0.5, 0.6) is 0 Å². The highest BCUT2D eigenvalue weighted by Crippen LogP contribution is 2.45. The summed E-state index contributed by atoms with van der Waals surface area (Å²) >= 11 is 12.6. The number of benzene rings is 1. The van der Waals surface area contributed by atoms with Crippen LogP contribution in [0.2, 0.25) is 10.0 Å². The Hall–Kier alpha value is -0.280. The number of hydrogen-bond donors (Lipinski definition) is 1. The second kappa shape index (κ2) is 6.65. The lowest BCUT2D eigenvalue weighted by Gasteiger charge is -2.44. The number of likely N-dealkylation sites (N-methyl/N-ethyl adjacent to an activating group) is 1. The molecule has 20 heavy (non-hydrogen) atoms. The summed E-state index contributed by atoms with van der Waals surface area (Å²) < 4.78 is 5.97. The molecule has 0 amide bonds. The van der Waals surface area contributed by atoms with E-state index in [2.05, 4.69) is 12.2 Å². The first-order valence-corrected chi connectivity index (χ1v) is 7.96. The molecule has 1 saturated carbocycles. The maximum absolute atomic E-state index is 6.41. The predicted molar refractivity (Wildman–Crippen MR) is 85.6 cm³/mol. The van der Waals surface area contributed by atoms with Crippen molar-refractivity contribution in [3.8, 4) is 0 Å². The van der Waals surface area contributed by atoms with E-state index in [-0.39, 0.29) is 11.6 Å². The van der Waals surface area contributed by atoms with Crippen LogP contribution >= 0.6 is 23.2 Å². The van der Waals surface area contributed by atoms with E-state index in [1.54, 1.807) is 7.11 Å². The Bertz CT molecular complexity index is 456. The fourth-order valence-corrected chi connectivity index (χ4v) is 3.72. The second-order valence-electron chi connectivity index (χ2n) is 5.82. The molecule has 0 radical (unpaired) electrons. The van der Waals surface area contributed by atoms with Crippen LogP contribution in [0.15, 0.2) is 18.2 Å². The zero-order valence-corrected chi connectivity index (χ0v) is 13.9. The molecule has 1 aliphatic rings. The molecule has 0 saturated heterocycles. The molecular weight excluding hydrogens is 293 g/mol. The van der Waals surface area contributed by atoms with Gasteiger partial charge in [-0.2, -0.15) is 0 Å². The third-order valence-electron chi connectivity index (χ3n) is 4.63. The van der Waals surface area contributed by atoms with E-state index in [0.717, 1.165) is 24.3 Å². The quantitative estimate of drug-likeness (QED) is 0.857. The first kappa shape index (κ1) is 16.1. The molecule has 1 N–H and O–H groups in total. The highest BCUT2D eigenvalue weighted by Gasteiger charge is 2.42. The fraction of sp³-hybridized carbons (Fsp3) is 0.625. The number of rotatable bonds is 4. The average Bonchev–Trinajstić information content (AvgIpc) is 2.46. The lowest BCUT2D eigenvalue weighted by molar-refractivity contribution is -0.0744. The van der Waals surface area contributed by atoms with Gasteiger partial charge in [0.05, 0.1) is 21.7 Å². The van der Waals surface area contributed by atoms with E-state index < -0.39 is 0 Å². The Morgan fingerprint density at radius 1 is 1.30 bits per heavy atom. The first-order chi connectivity index (χ1) is 9.54. The molecule has 1 unspecified atom stereocenters. The SMILES string of the molecule is CNC(c1cccc(Cl)c1Cl)C1(OC)CCC(C)CC1. The van der Waals surface area contributed by atoms with Gasteiger partial charge in [-0.1, -0.05) is 42.3 Å². The number of hydrogen-bond acceptors (Lipinski definition) is 2. The average molecular weight is 316 g/mol. The standard InChI is InChI=1S/C16H23Cl2NO/c1-11-7-9-16(20-3,10-8-11)15(19-2)12-5-4-6-13(17)14(12)18/h4-6,11,15,19H,7-10H2,1-3H3. The normalized spacial score (nSPS) is 28.4. The molecule has 0 bridgehead atoms. The molecule has 2 rings (SSSR count). The van der Waals surface area contributed by atoms with Gasteiger partial charge in [0.25, 0.3) is 0 Å². The highest BCUT2D eigenvalue weighted by molar-refractivity contribution is 6.42. The van der Waals surface area contributed by atoms with Crippen LogP contribution in [-0.4, -0.2) is 19.8 Å². The molecule has 1 atom stereocenters. The van der Waals surface area contributed by atoms with Crippen LogP contribution in [0.1, 0.15) is 44.2 Å². The summed E-state index contributed by atoms with van der Waals surface area (Å²) in [6.07, 6.45) is 4.45. The van der Waals surface area contributed by atoms with Gasteiger partial charge in [0, 0.05) is 7.11 Å². The predicted octanol–water partition coefficient (Wildman–Crippen LogP) is 4.85. The Labute approximate surface area is 131 Å². The smallest absolute Gasteiger partial charge is 0.0873 e. The largest absolute Gasteiger partial charge is 0.376 e. The Morgan fingerprint density at radius 2 is 1.95 bits per heavy atom. The summed E-state index contributed by atoms with van der Waals surface area (Å²) in [6, 6.07) is 5.87. The van der Waals surface area contributed by atoms with Crippen molar-refractivity contribution in [3.05, 3.63) is 33.8 Å². The van der Waals surface area contributed by atoms with Crippen LogP contribution in [0.25, 0.3) is 0 Å². The monoisotopic (exact) mass is 315 g/mol. The molecule has 1 fully saturated rings. The van der Waals surface area contributed by atoms with Crippen LogP contribution in [-0.2, 0) is 4.74 Å². The van der Waals surface area contributed by atoms with Gasteiger partial charge in [-0.3, -0.25) is 0 Å². The highest BCUT2D eigenvalue weighted by atomic mass is 35.5. The van der Waals surface area contributed by atoms with Crippen molar-refractivity contribution in [2.24, 2.45) is 5.92 Å². The number of methoxy groups -OCH3 is 1. The second-order valence-corrected chi connectivity index (χ2v) is 6.60. The van der Waals surface area contributed by atoms with Gasteiger partial charge >= 0.3 is 0 Å². The van der Waals surface area contributed by atoms with E-state index in [4.69, 9.17) is 27.9 Å². The number of ether oxygens (including phenoxy) is 1. The van der Waals surface area contributed by atoms with Crippen LogP contribution in [0.3, 0.4) is 0 Å². The maximum Gasteiger partial charge on any atom is 0.0873 e. The van der Waals surface area contributed by atoms with Crippen molar-refractivity contribution in [1.82, 2.24) is 5.32 Å². The van der Waals surface area contributed by atoms with Crippen LogP contribution in [0.4, 0.5) is 0 Å². The maximum atomic E-state index is 6.41. The van der Waals surface area contributed by atoms with Gasteiger partial charge in [-0.15, -0.1) is 0 Å². The Balaban J connectivity index is 2.37. The molecule has 112 valence electrons. The summed E-state index contributed by atoms with van der Waals surface area (Å²) in [5.41, 5.74) is 0.827. The molecule has 4 heteroatoms. The summed E-state index contributed by atoms with van der Waals surface area (Å²) in [6.45, 7) is 2.31. The molecule has 0 spiro atoms.